The van der Waals surface area contributed by atoms with Crippen LogP contribution in [0.5, 0.6) is 5.75 Å². The maximum absolute atomic E-state index is 10.3. The molecular weight excluding hydrogens is 358 g/mol. The summed E-state index contributed by atoms with van der Waals surface area (Å²) in [5.41, 5.74) is 5.08. The highest BCUT2D eigenvalue weighted by molar-refractivity contribution is 7.14. The average Bonchev–Trinajstić information content (AvgIpc) is 3.39. The Morgan fingerprint density at radius 2 is 1.93 bits per heavy atom. The van der Waals surface area contributed by atoms with Crippen molar-refractivity contribution in [1.82, 2.24) is 9.97 Å². The number of hydrogen-bond acceptors (Lipinski definition) is 6. The third-order valence-electron chi connectivity index (χ3n) is 4.73. The maximum atomic E-state index is 10.3. The minimum absolute atomic E-state index is 0.683. The second-order valence-corrected chi connectivity index (χ2v) is 7.91. The largest absolute Gasteiger partial charge is 0.493 e. The third-order valence-corrected chi connectivity index (χ3v) is 5.50. The van der Waals surface area contributed by atoms with Gasteiger partial charge in [0.2, 0.25) is 0 Å². The lowest BCUT2D eigenvalue weighted by atomic mass is 10.0. The molecule has 1 fully saturated rings. The van der Waals surface area contributed by atoms with Crippen molar-refractivity contribution in [2.75, 3.05) is 11.9 Å². The predicted molar refractivity (Wildman–Crippen MR) is 108 cm³/mol. The number of aromatic nitrogens is 2. The molecule has 6 heteroatoms. The van der Waals surface area contributed by atoms with Crippen LogP contribution in [0.25, 0.3) is 11.3 Å². The number of pyridine rings is 1. The van der Waals surface area contributed by atoms with Crippen molar-refractivity contribution >= 4 is 16.5 Å². The molecule has 5 nitrogen and oxygen atoms in total. The fourth-order valence-electron chi connectivity index (χ4n) is 3.11. The molecule has 4 rings (SSSR count). The summed E-state index contributed by atoms with van der Waals surface area (Å²) in [6.45, 7) is 4.99. The number of nitrogens with one attached hydrogen (secondary N) is 1. The van der Waals surface area contributed by atoms with Gasteiger partial charge in [0.25, 0.3) is 0 Å². The van der Waals surface area contributed by atoms with E-state index in [-0.39, 0.29) is 0 Å². The Kier molecular flexibility index (Phi) is 5.09. The molecule has 0 spiro atoms. The van der Waals surface area contributed by atoms with E-state index in [1.807, 2.05) is 5.38 Å². The number of rotatable bonds is 7. The fraction of sp³-hybridized carbons (Fsp3) is 0.333. The maximum Gasteiger partial charge on any atom is 0.185 e. The summed E-state index contributed by atoms with van der Waals surface area (Å²) in [6.07, 6.45) is 5.08. The molecule has 2 aromatic heterocycles. The van der Waals surface area contributed by atoms with E-state index in [1.165, 1.54) is 24.2 Å². The van der Waals surface area contributed by atoms with Crippen molar-refractivity contribution in [2.45, 2.75) is 32.9 Å². The Hall–Kier alpha value is -2.44. The normalized spacial score (nSPS) is 14.8. The van der Waals surface area contributed by atoms with Gasteiger partial charge in [-0.3, -0.25) is 4.98 Å². The number of benzene rings is 1. The highest BCUT2D eigenvalue weighted by Crippen LogP contribution is 2.35. The number of hydrogen-bond donors (Lipinski definition) is 2. The minimum Gasteiger partial charge on any atom is -0.493 e. The quantitative estimate of drug-likeness (QED) is 0.580. The van der Waals surface area contributed by atoms with Crippen LogP contribution in [0.1, 0.15) is 35.8 Å². The molecule has 0 bridgehead atoms. The van der Waals surface area contributed by atoms with Crippen LogP contribution in [-0.2, 0) is 0 Å². The molecule has 1 unspecified atom stereocenters. The number of aryl methyl sites for hydroxylation is 2. The zero-order valence-corrected chi connectivity index (χ0v) is 16.3. The molecule has 0 radical (unpaired) electrons. The first kappa shape index (κ1) is 17.9. The number of aliphatic hydroxyl groups is 1. The number of anilines is 1. The van der Waals surface area contributed by atoms with Gasteiger partial charge in [-0.1, -0.05) is 0 Å². The SMILES string of the molecule is Cc1cc(OCC2CC2)cc(C)c1-c1csc(NC(O)c2ccncc2)n1. The Morgan fingerprint density at radius 1 is 1.22 bits per heavy atom. The summed E-state index contributed by atoms with van der Waals surface area (Å²) in [4.78, 5) is 8.64. The average molecular weight is 382 g/mol. The topological polar surface area (TPSA) is 67.3 Å². The van der Waals surface area contributed by atoms with Crippen LogP contribution in [0.15, 0.2) is 42.0 Å². The molecule has 1 aliphatic rings. The highest BCUT2D eigenvalue weighted by atomic mass is 32.1. The van der Waals surface area contributed by atoms with E-state index in [0.29, 0.717) is 5.13 Å². The molecule has 0 saturated heterocycles. The van der Waals surface area contributed by atoms with Crippen molar-refractivity contribution < 1.29 is 9.84 Å². The van der Waals surface area contributed by atoms with E-state index < -0.39 is 6.23 Å². The summed E-state index contributed by atoms with van der Waals surface area (Å²) in [7, 11) is 0. The Balaban J connectivity index is 1.50. The fourth-order valence-corrected chi connectivity index (χ4v) is 3.84. The van der Waals surface area contributed by atoms with Gasteiger partial charge < -0.3 is 15.2 Å². The van der Waals surface area contributed by atoms with Crippen LogP contribution >= 0.6 is 11.3 Å². The molecule has 2 N–H and O–H groups in total. The zero-order chi connectivity index (χ0) is 18.8. The van der Waals surface area contributed by atoms with E-state index in [1.54, 1.807) is 24.5 Å². The summed E-state index contributed by atoms with van der Waals surface area (Å²) in [6, 6.07) is 7.73. The summed E-state index contributed by atoms with van der Waals surface area (Å²) >= 11 is 1.48. The molecule has 0 aliphatic heterocycles. The molecule has 1 aliphatic carbocycles. The zero-order valence-electron chi connectivity index (χ0n) is 15.5. The first-order valence-electron chi connectivity index (χ1n) is 9.14. The van der Waals surface area contributed by atoms with Crippen molar-refractivity contribution in [3.8, 4) is 17.0 Å². The van der Waals surface area contributed by atoms with Gasteiger partial charge in [-0.15, -0.1) is 11.3 Å². The number of nitrogens with zero attached hydrogens (tertiary/aromatic N) is 2. The van der Waals surface area contributed by atoms with Crippen LogP contribution in [0.3, 0.4) is 0 Å². The van der Waals surface area contributed by atoms with Gasteiger partial charge in [0.15, 0.2) is 11.4 Å². The molecule has 1 saturated carbocycles. The van der Waals surface area contributed by atoms with E-state index in [0.717, 1.165) is 46.2 Å². The van der Waals surface area contributed by atoms with Gasteiger partial charge in [-0.2, -0.15) is 0 Å². The smallest absolute Gasteiger partial charge is 0.185 e. The van der Waals surface area contributed by atoms with Gasteiger partial charge in [0.05, 0.1) is 12.3 Å². The van der Waals surface area contributed by atoms with E-state index in [2.05, 4.69) is 41.3 Å². The summed E-state index contributed by atoms with van der Waals surface area (Å²) in [5.74, 6) is 1.67. The molecule has 2 heterocycles. The van der Waals surface area contributed by atoms with Crippen molar-refractivity contribution in [1.29, 1.82) is 0 Å². The molecule has 140 valence electrons. The first-order chi connectivity index (χ1) is 13.1. The van der Waals surface area contributed by atoms with Gasteiger partial charge in [0.1, 0.15) is 5.75 Å². The van der Waals surface area contributed by atoms with Gasteiger partial charge in [0, 0.05) is 28.9 Å². The molecule has 27 heavy (non-hydrogen) atoms. The van der Waals surface area contributed by atoms with Gasteiger partial charge in [-0.25, -0.2) is 4.98 Å². The molecule has 0 amide bonds. The van der Waals surface area contributed by atoms with Crippen LogP contribution in [0, 0.1) is 19.8 Å². The Morgan fingerprint density at radius 3 is 2.59 bits per heavy atom. The van der Waals surface area contributed by atoms with Crippen LogP contribution < -0.4 is 10.1 Å². The van der Waals surface area contributed by atoms with Gasteiger partial charge in [-0.05, 0) is 68.0 Å². The van der Waals surface area contributed by atoms with Crippen LogP contribution in [0.2, 0.25) is 0 Å². The van der Waals surface area contributed by atoms with Crippen LogP contribution in [-0.4, -0.2) is 21.7 Å². The lowest BCUT2D eigenvalue weighted by Gasteiger charge is -2.13. The molecule has 1 atom stereocenters. The van der Waals surface area contributed by atoms with E-state index in [4.69, 9.17) is 4.74 Å². The monoisotopic (exact) mass is 381 g/mol. The second kappa shape index (κ2) is 7.66. The van der Waals surface area contributed by atoms with Crippen LogP contribution in [0.4, 0.5) is 5.13 Å². The number of aliphatic hydroxyl groups excluding tert-OH is 1. The second-order valence-electron chi connectivity index (χ2n) is 7.05. The molecule has 1 aromatic carbocycles. The predicted octanol–water partition coefficient (Wildman–Crippen LogP) is 4.71. The standard InChI is InChI=1S/C21H23N3O2S/c1-13-9-17(26-11-15-3-4-15)10-14(2)19(13)18-12-27-21(23-18)24-20(25)16-5-7-22-8-6-16/h5-10,12,15,20,25H,3-4,11H2,1-2H3,(H,23,24). The lowest BCUT2D eigenvalue weighted by molar-refractivity contribution is 0.208. The van der Waals surface area contributed by atoms with E-state index >= 15 is 0 Å². The van der Waals surface area contributed by atoms with Crippen molar-refractivity contribution in [3.63, 3.8) is 0 Å². The Labute approximate surface area is 163 Å². The number of thiazole rings is 1. The molecule has 3 aromatic rings. The first-order valence-corrected chi connectivity index (χ1v) is 10.0. The van der Waals surface area contributed by atoms with Crippen molar-refractivity contribution in [3.05, 3.63) is 58.7 Å². The van der Waals surface area contributed by atoms with Crippen molar-refractivity contribution in [2.24, 2.45) is 5.92 Å². The minimum atomic E-state index is -0.813. The third kappa shape index (κ3) is 4.28. The van der Waals surface area contributed by atoms with Gasteiger partial charge >= 0.3 is 0 Å². The summed E-state index contributed by atoms with van der Waals surface area (Å²) in [5, 5.41) is 16.1. The van der Waals surface area contributed by atoms with E-state index in [9.17, 15) is 5.11 Å². The Bertz CT molecular complexity index is 899. The summed E-state index contributed by atoms with van der Waals surface area (Å²) < 4.78 is 5.92. The number of ether oxygens (including phenoxy) is 1. The highest BCUT2D eigenvalue weighted by Gasteiger charge is 2.22. The molecular formula is C21H23N3O2S. The lowest BCUT2D eigenvalue weighted by Crippen LogP contribution is -2.09.